The van der Waals surface area contributed by atoms with E-state index in [0.29, 0.717) is 17.3 Å². The van der Waals surface area contributed by atoms with E-state index < -0.39 is 17.4 Å². The molecule has 0 bridgehead atoms. The molecule has 24 heavy (non-hydrogen) atoms. The molecule has 0 aliphatic rings. The van der Waals surface area contributed by atoms with Crippen LogP contribution in [0.4, 0.5) is 0 Å². The molecule has 0 fully saturated rings. The van der Waals surface area contributed by atoms with Gasteiger partial charge in [-0.3, -0.25) is 14.7 Å². The molecule has 3 rings (SSSR count). The monoisotopic (exact) mass is 323 g/mol. The van der Waals surface area contributed by atoms with Crippen LogP contribution in [-0.4, -0.2) is 27.8 Å². The predicted octanol–water partition coefficient (Wildman–Crippen LogP) is 1.78. The van der Waals surface area contributed by atoms with Crippen LogP contribution < -0.4 is 10.7 Å². The van der Waals surface area contributed by atoms with Crippen molar-refractivity contribution in [2.24, 2.45) is 0 Å². The number of nitrogens with one attached hydrogen (secondary N) is 2. The Morgan fingerprint density at radius 2 is 1.83 bits per heavy atom. The maximum Gasteiger partial charge on any atom is 0.276 e. The van der Waals surface area contributed by atoms with Crippen molar-refractivity contribution in [1.82, 2.24) is 15.5 Å². The number of hydrogen-bond acceptors (Lipinski definition) is 4. The number of aliphatic hydroxyl groups is 1. The molecule has 3 N–H and O–H groups in total. The number of nitrogens with zero attached hydrogens (tertiary/aromatic N) is 1. The molecule has 122 valence electrons. The van der Waals surface area contributed by atoms with E-state index in [4.69, 9.17) is 0 Å². The van der Waals surface area contributed by atoms with Gasteiger partial charge in [0.25, 0.3) is 5.91 Å². The molecular weight excluding hydrogens is 306 g/mol. The van der Waals surface area contributed by atoms with Crippen LogP contribution in [0.1, 0.15) is 28.5 Å². The van der Waals surface area contributed by atoms with E-state index in [1.54, 1.807) is 24.3 Å². The first kappa shape index (κ1) is 15.9. The lowest BCUT2D eigenvalue weighted by atomic mass is 10.0. The van der Waals surface area contributed by atoms with Crippen molar-refractivity contribution in [3.05, 3.63) is 76.1 Å². The summed E-state index contributed by atoms with van der Waals surface area (Å²) in [6, 6.07) is 15.8. The van der Waals surface area contributed by atoms with Crippen LogP contribution in [0.3, 0.4) is 0 Å². The minimum atomic E-state index is -0.565. The quantitative estimate of drug-likeness (QED) is 0.667. The first-order valence-corrected chi connectivity index (χ1v) is 7.65. The fraction of sp³-hybridized carbons (Fsp3) is 0.167. The molecule has 6 heteroatoms. The molecule has 1 unspecified atom stereocenters. The topological polar surface area (TPSA) is 95.1 Å². The third-order valence-corrected chi connectivity index (χ3v) is 3.82. The summed E-state index contributed by atoms with van der Waals surface area (Å²) in [6.45, 7) is -0.0820. The second-order valence-electron chi connectivity index (χ2n) is 5.40. The number of carbonyl (C=O) groups excluding carboxylic acids is 1. The maximum atomic E-state index is 12.5. The van der Waals surface area contributed by atoms with E-state index in [1.165, 1.54) is 0 Å². The van der Waals surface area contributed by atoms with Crippen LogP contribution in [0.25, 0.3) is 10.9 Å². The van der Waals surface area contributed by atoms with Crippen molar-refractivity contribution in [3.63, 3.8) is 0 Å². The fourth-order valence-electron chi connectivity index (χ4n) is 2.59. The van der Waals surface area contributed by atoms with Gasteiger partial charge in [0.15, 0.2) is 5.69 Å². The molecule has 6 nitrogen and oxygen atoms in total. The van der Waals surface area contributed by atoms with Crippen LogP contribution in [0.15, 0.2) is 59.4 Å². The summed E-state index contributed by atoms with van der Waals surface area (Å²) in [4.78, 5) is 24.9. The summed E-state index contributed by atoms with van der Waals surface area (Å²) in [5.74, 6) is -0.565. The molecule has 0 radical (unpaired) electrons. The zero-order valence-electron chi connectivity index (χ0n) is 12.9. The Morgan fingerprint density at radius 3 is 2.58 bits per heavy atom. The van der Waals surface area contributed by atoms with Gasteiger partial charge in [-0.2, -0.15) is 5.10 Å². The fourth-order valence-corrected chi connectivity index (χ4v) is 2.59. The van der Waals surface area contributed by atoms with Crippen LogP contribution in [0.5, 0.6) is 0 Å². The zero-order chi connectivity index (χ0) is 16.9. The molecule has 0 aliphatic carbocycles. The van der Waals surface area contributed by atoms with Crippen molar-refractivity contribution in [2.45, 2.75) is 12.5 Å². The van der Waals surface area contributed by atoms with Crippen LogP contribution >= 0.6 is 0 Å². The second-order valence-corrected chi connectivity index (χ2v) is 5.40. The highest BCUT2D eigenvalue weighted by molar-refractivity contribution is 5.95. The number of para-hydroxylation sites is 1. The molecule has 2 aromatic carbocycles. The smallest absolute Gasteiger partial charge is 0.276 e. The highest BCUT2D eigenvalue weighted by atomic mass is 16.3. The molecule has 0 spiro atoms. The number of rotatable bonds is 5. The Kier molecular flexibility index (Phi) is 4.67. The lowest BCUT2D eigenvalue weighted by molar-refractivity contribution is 0.0923. The van der Waals surface area contributed by atoms with E-state index in [1.807, 2.05) is 30.3 Å². The average molecular weight is 323 g/mol. The van der Waals surface area contributed by atoms with Gasteiger partial charge in [0.05, 0.1) is 11.6 Å². The minimum absolute atomic E-state index is 0.0820. The largest absolute Gasteiger partial charge is 0.396 e. The Hall–Kier alpha value is -2.99. The standard InChI is InChI=1S/C18H17N3O3/c22-11-10-14(12-6-2-1-3-7-12)19-18(24)16-17(23)13-8-4-5-9-15(13)20-21-16/h1-9,14,22H,10-11H2,(H,19,24)(H,20,23). The lowest BCUT2D eigenvalue weighted by Gasteiger charge is -2.17. The lowest BCUT2D eigenvalue weighted by Crippen LogP contribution is -2.34. The Labute approximate surface area is 138 Å². The normalized spacial score (nSPS) is 12.0. The van der Waals surface area contributed by atoms with Crippen molar-refractivity contribution in [3.8, 4) is 0 Å². The Balaban J connectivity index is 1.91. The molecule has 1 amide bonds. The van der Waals surface area contributed by atoms with E-state index in [2.05, 4.69) is 15.5 Å². The first-order valence-electron chi connectivity index (χ1n) is 7.65. The highest BCUT2D eigenvalue weighted by Crippen LogP contribution is 2.16. The number of aromatic amines is 1. The van der Waals surface area contributed by atoms with Gasteiger partial charge in [-0.25, -0.2) is 0 Å². The predicted molar refractivity (Wildman–Crippen MR) is 90.7 cm³/mol. The number of benzene rings is 2. The number of fused-ring (bicyclic) bond motifs is 1. The number of aliphatic hydroxyl groups excluding tert-OH is 1. The van der Waals surface area contributed by atoms with Crippen LogP contribution in [0, 0.1) is 0 Å². The Bertz CT molecular complexity index is 906. The van der Waals surface area contributed by atoms with Gasteiger partial charge in [-0.05, 0) is 24.1 Å². The molecule has 0 saturated heterocycles. The summed E-state index contributed by atoms with van der Waals surface area (Å²) in [7, 11) is 0. The van der Waals surface area contributed by atoms with Gasteiger partial charge in [-0.1, -0.05) is 42.5 Å². The molecule has 0 saturated carbocycles. The number of amides is 1. The Morgan fingerprint density at radius 1 is 1.12 bits per heavy atom. The molecule has 0 aliphatic heterocycles. The third-order valence-electron chi connectivity index (χ3n) is 3.82. The minimum Gasteiger partial charge on any atom is -0.396 e. The summed E-state index contributed by atoms with van der Waals surface area (Å²) in [5, 5.41) is 19.1. The van der Waals surface area contributed by atoms with Gasteiger partial charge in [0, 0.05) is 12.0 Å². The van der Waals surface area contributed by atoms with E-state index in [9.17, 15) is 14.7 Å². The van der Waals surface area contributed by atoms with Gasteiger partial charge in [0.2, 0.25) is 5.43 Å². The van der Waals surface area contributed by atoms with Crippen molar-refractivity contribution in [2.75, 3.05) is 6.61 Å². The first-order chi connectivity index (χ1) is 11.7. The second kappa shape index (κ2) is 7.06. The number of H-pyrrole nitrogens is 1. The highest BCUT2D eigenvalue weighted by Gasteiger charge is 2.19. The molecule has 3 aromatic rings. The number of hydrogen-bond donors (Lipinski definition) is 3. The SMILES string of the molecule is O=C(NC(CCO)c1ccccc1)c1n[nH]c2ccccc2c1=O. The van der Waals surface area contributed by atoms with Crippen molar-refractivity contribution >= 4 is 16.8 Å². The van der Waals surface area contributed by atoms with Gasteiger partial charge >= 0.3 is 0 Å². The average Bonchev–Trinajstić information content (AvgIpc) is 2.62. The summed E-state index contributed by atoms with van der Waals surface area (Å²) in [6.07, 6.45) is 0.348. The summed E-state index contributed by atoms with van der Waals surface area (Å²) in [5.41, 5.74) is 0.830. The van der Waals surface area contributed by atoms with Gasteiger partial charge < -0.3 is 10.4 Å². The number of aromatic nitrogens is 2. The molecule has 1 atom stereocenters. The van der Waals surface area contributed by atoms with Crippen LogP contribution in [-0.2, 0) is 0 Å². The van der Waals surface area contributed by atoms with E-state index >= 15 is 0 Å². The van der Waals surface area contributed by atoms with Gasteiger partial charge in [-0.15, -0.1) is 0 Å². The maximum absolute atomic E-state index is 12.5. The van der Waals surface area contributed by atoms with Gasteiger partial charge in [0.1, 0.15) is 0 Å². The summed E-state index contributed by atoms with van der Waals surface area (Å²) >= 11 is 0. The number of carbonyl (C=O) groups is 1. The van der Waals surface area contributed by atoms with E-state index in [-0.39, 0.29) is 12.3 Å². The summed E-state index contributed by atoms with van der Waals surface area (Å²) < 4.78 is 0. The van der Waals surface area contributed by atoms with Crippen LogP contribution in [0.2, 0.25) is 0 Å². The van der Waals surface area contributed by atoms with Crippen molar-refractivity contribution in [1.29, 1.82) is 0 Å². The third kappa shape index (κ3) is 3.18. The zero-order valence-corrected chi connectivity index (χ0v) is 12.9. The molecular formula is C18H17N3O3. The van der Waals surface area contributed by atoms with E-state index in [0.717, 1.165) is 5.56 Å². The molecule has 1 aromatic heterocycles. The molecule has 1 heterocycles. The van der Waals surface area contributed by atoms with Crippen molar-refractivity contribution < 1.29 is 9.90 Å².